The van der Waals surface area contributed by atoms with E-state index in [1.807, 2.05) is 0 Å². The Bertz CT molecular complexity index is 765. The number of amidine groups is 1. The zero-order chi connectivity index (χ0) is 18.4. The van der Waals surface area contributed by atoms with E-state index in [9.17, 15) is 13.3 Å². The first kappa shape index (κ1) is 18.3. The number of nitrogens with zero attached hydrogens (tertiary/aromatic N) is 2. The predicted octanol–water partition coefficient (Wildman–Crippen LogP) is 4.41. The Balaban J connectivity index is 2.19. The lowest BCUT2D eigenvalue weighted by atomic mass is 10.1. The van der Waals surface area contributed by atoms with E-state index in [1.54, 1.807) is 6.92 Å². The highest BCUT2D eigenvalue weighted by Gasteiger charge is 2.19. The van der Waals surface area contributed by atoms with Gasteiger partial charge < -0.3 is 10.5 Å². The third kappa shape index (κ3) is 4.97. The zero-order valence-electron chi connectivity index (χ0n) is 13.5. The molecule has 0 amide bonds. The molecule has 0 aliphatic carbocycles. The third-order valence-electron chi connectivity index (χ3n) is 3.16. The number of benzene rings is 2. The van der Waals surface area contributed by atoms with E-state index in [4.69, 9.17) is 10.5 Å². The van der Waals surface area contributed by atoms with Gasteiger partial charge in [-0.05, 0) is 38.1 Å². The summed E-state index contributed by atoms with van der Waals surface area (Å²) in [6.45, 7) is 3.05. The number of aliphatic imine (C=N–C) groups is 2. The van der Waals surface area contributed by atoms with Gasteiger partial charge in [-0.25, -0.2) is 18.8 Å². The molecule has 0 aromatic heterocycles. The Hall–Kier alpha value is -3.03. The quantitative estimate of drug-likeness (QED) is 0.619. The molecule has 0 saturated carbocycles. The molecule has 132 valence electrons. The molecule has 5 nitrogen and oxygen atoms in total. The number of halogens is 3. The van der Waals surface area contributed by atoms with Crippen molar-refractivity contribution in [1.29, 1.82) is 0 Å². The molecule has 2 rings (SSSR count). The van der Waals surface area contributed by atoms with Crippen LogP contribution in [0.5, 0.6) is 11.5 Å². The molecular formula is C17H16F3N3O2. The van der Waals surface area contributed by atoms with E-state index in [2.05, 4.69) is 14.9 Å². The van der Waals surface area contributed by atoms with Crippen molar-refractivity contribution in [2.45, 2.75) is 20.0 Å². The average Bonchev–Trinajstić information content (AvgIpc) is 2.54. The van der Waals surface area contributed by atoms with Gasteiger partial charge in [0.2, 0.25) is 0 Å². The van der Waals surface area contributed by atoms with Crippen LogP contribution in [0, 0.1) is 11.6 Å². The van der Waals surface area contributed by atoms with E-state index < -0.39 is 17.7 Å². The fourth-order valence-corrected chi connectivity index (χ4v) is 2.05. The Morgan fingerprint density at radius 1 is 1.12 bits per heavy atom. The van der Waals surface area contributed by atoms with Crippen LogP contribution in [0.25, 0.3) is 0 Å². The van der Waals surface area contributed by atoms with Crippen LogP contribution in [-0.4, -0.2) is 12.2 Å². The highest BCUT2D eigenvalue weighted by atomic mass is 19.3. The SMILES string of the molecule is CC(N)=NC=Nc1cc(F)c(C(C)Oc2ccc(OF)cc2)c(F)c1. The number of ether oxygens (including phenoxy) is 1. The molecule has 0 saturated heterocycles. The van der Waals surface area contributed by atoms with Crippen LogP contribution < -0.4 is 15.4 Å². The molecule has 0 aliphatic rings. The maximum Gasteiger partial charge on any atom is 0.172 e. The number of nitrogens with two attached hydrogens (primary N) is 1. The van der Waals surface area contributed by atoms with Gasteiger partial charge in [0.05, 0.1) is 17.1 Å². The summed E-state index contributed by atoms with van der Waals surface area (Å²) in [5.41, 5.74) is 5.15. The summed E-state index contributed by atoms with van der Waals surface area (Å²) in [5, 5.41) is 0. The number of rotatable bonds is 6. The largest absolute Gasteiger partial charge is 0.486 e. The molecule has 0 heterocycles. The lowest BCUT2D eigenvalue weighted by molar-refractivity contribution is -0.00628. The van der Waals surface area contributed by atoms with Crippen LogP contribution in [0.4, 0.5) is 19.0 Å². The second-order valence-electron chi connectivity index (χ2n) is 5.15. The molecule has 0 aliphatic heterocycles. The molecule has 1 atom stereocenters. The predicted molar refractivity (Wildman–Crippen MR) is 89.0 cm³/mol. The molecular weight excluding hydrogens is 335 g/mol. The number of hydrogen-bond acceptors (Lipinski definition) is 3. The minimum Gasteiger partial charge on any atom is -0.486 e. The summed E-state index contributed by atoms with van der Waals surface area (Å²) in [5.74, 6) is -1.04. The van der Waals surface area contributed by atoms with Crippen LogP contribution in [0.2, 0.25) is 0 Å². The van der Waals surface area contributed by atoms with Crippen molar-refractivity contribution < 1.29 is 23.0 Å². The summed E-state index contributed by atoms with van der Waals surface area (Å²) in [7, 11) is 0. The van der Waals surface area contributed by atoms with Gasteiger partial charge in [0, 0.05) is 16.7 Å². The number of hydrogen-bond donors (Lipinski definition) is 1. The maximum absolute atomic E-state index is 14.2. The summed E-state index contributed by atoms with van der Waals surface area (Å²) in [6, 6.07) is 7.63. The normalized spacial score (nSPS) is 13.1. The second-order valence-corrected chi connectivity index (χ2v) is 5.15. The van der Waals surface area contributed by atoms with Crippen molar-refractivity contribution in [1.82, 2.24) is 0 Å². The Morgan fingerprint density at radius 2 is 1.68 bits per heavy atom. The lowest BCUT2D eigenvalue weighted by Gasteiger charge is -2.17. The van der Waals surface area contributed by atoms with Crippen LogP contribution in [0.1, 0.15) is 25.5 Å². The third-order valence-corrected chi connectivity index (χ3v) is 3.16. The summed E-state index contributed by atoms with van der Waals surface area (Å²) in [4.78, 5) is 11.1. The highest BCUT2D eigenvalue weighted by Crippen LogP contribution is 2.30. The Labute approximate surface area is 142 Å². The molecule has 2 aromatic rings. The molecule has 0 radical (unpaired) electrons. The molecule has 25 heavy (non-hydrogen) atoms. The van der Waals surface area contributed by atoms with Crippen molar-refractivity contribution in [3.05, 3.63) is 53.6 Å². The van der Waals surface area contributed by atoms with Gasteiger partial charge in [0.15, 0.2) is 5.75 Å². The van der Waals surface area contributed by atoms with Crippen molar-refractivity contribution in [2.24, 2.45) is 15.7 Å². The molecule has 0 fully saturated rings. The van der Waals surface area contributed by atoms with Crippen molar-refractivity contribution in [3.63, 3.8) is 0 Å². The fraction of sp³-hybridized carbons (Fsp3) is 0.176. The minimum atomic E-state index is -0.917. The molecule has 1 unspecified atom stereocenters. The van der Waals surface area contributed by atoms with Crippen LogP contribution in [-0.2, 0) is 0 Å². The van der Waals surface area contributed by atoms with E-state index >= 15 is 0 Å². The van der Waals surface area contributed by atoms with E-state index in [0.717, 1.165) is 18.5 Å². The summed E-state index contributed by atoms with van der Waals surface area (Å²) in [6.07, 6.45) is 0.192. The fourth-order valence-electron chi connectivity index (χ4n) is 2.05. The van der Waals surface area contributed by atoms with Gasteiger partial charge in [0.25, 0.3) is 0 Å². The van der Waals surface area contributed by atoms with Gasteiger partial charge in [-0.1, -0.05) is 0 Å². The van der Waals surface area contributed by atoms with Crippen molar-refractivity contribution >= 4 is 17.9 Å². The molecule has 2 aromatic carbocycles. The van der Waals surface area contributed by atoms with E-state index in [-0.39, 0.29) is 22.8 Å². The zero-order valence-corrected chi connectivity index (χ0v) is 13.5. The molecule has 2 N–H and O–H groups in total. The first-order chi connectivity index (χ1) is 11.9. The average molecular weight is 351 g/mol. The van der Waals surface area contributed by atoms with E-state index in [0.29, 0.717) is 5.75 Å². The monoisotopic (exact) mass is 351 g/mol. The van der Waals surface area contributed by atoms with E-state index in [1.165, 1.54) is 31.2 Å². The van der Waals surface area contributed by atoms with Crippen molar-refractivity contribution in [3.8, 4) is 11.5 Å². The van der Waals surface area contributed by atoms with Crippen LogP contribution in [0.3, 0.4) is 0 Å². The lowest BCUT2D eigenvalue weighted by Crippen LogP contribution is -2.08. The summed E-state index contributed by atoms with van der Waals surface area (Å²) >= 11 is 0. The molecule has 0 bridgehead atoms. The standard InChI is InChI=1S/C17H16F3N3O2/c1-10(24-13-3-5-14(25-20)6-4-13)17-15(18)7-12(8-16(17)19)23-9-22-11(2)21/h3-10H,1-2H3,(H2,21,22,23). The first-order valence-electron chi connectivity index (χ1n) is 7.27. The molecule has 8 heteroatoms. The van der Waals surface area contributed by atoms with Crippen LogP contribution >= 0.6 is 0 Å². The Kier molecular flexibility index (Phi) is 5.99. The maximum atomic E-state index is 14.2. The van der Waals surface area contributed by atoms with Gasteiger partial charge >= 0.3 is 0 Å². The summed E-state index contributed by atoms with van der Waals surface area (Å²) < 4.78 is 46.0. The van der Waals surface area contributed by atoms with Gasteiger partial charge in [-0.3, -0.25) is 4.94 Å². The van der Waals surface area contributed by atoms with Gasteiger partial charge in [0.1, 0.15) is 29.8 Å². The Morgan fingerprint density at radius 3 is 2.20 bits per heavy atom. The smallest absolute Gasteiger partial charge is 0.172 e. The van der Waals surface area contributed by atoms with Gasteiger partial charge in [-0.2, -0.15) is 0 Å². The highest BCUT2D eigenvalue weighted by molar-refractivity contribution is 5.85. The minimum absolute atomic E-state index is 0.00467. The molecule has 0 spiro atoms. The second kappa shape index (κ2) is 8.18. The first-order valence-corrected chi connectivity index (χ1v) is 7.27. The van der Waals surface area contributed by atoms with Crippen LogP contribution in [0.15, 0.2) is 46.4 Å². The van der Waals surface area contributed by atoms with Gasteiger partial charge in [-0.15, -0.1) is 0 Å². The van der Waals surface area contributed by atoms with Crippen molar-refractivity contribution in [2.75, 3.05) is 0 Å². The topological polar surface area (TPSA) is 69.2 Å².